The molecule has 4 nitrogen and oxygen atoms in total. The van der Waals surface area contributed by atoms with Gasteiger partial charge < -0.3 is 10.6 Å². The lowest BCUT2D eigenvalue weighted by Gasteiger charge is -2.09. The van der Waals surface area contributed by atoms with Crippen LogP contribution in [0, 0.1) is 5.82 Å². The Labute approximate surface area is 150 Å². The van der Waals surface area contributed by atoms with E-state index >= 15 is 0 Å². The van der Waals surface area contributed by atoms with Crippen LogP contribution in [0.1, 0.15) is 17.3 Å². The number of amides is 2. The maximum Gasteiger partial charge on any atom is 0.258 e. The fourth-order valence-corrected chi connectivity index (χ4v) is 2.56. The van der Waals surface area contributed by atoms with Crippen molar-refractivity contribution in [3.05, 3.63) is 84.2 Å². The fourth-order valence-electron chi connectivity index (χ4n) is 2.56. The molecular weight excluding hydrogens is 331 g/mol. The molecule has 0 aliphatic heterocycles. The molecule has 0 unspecified atom stereocenters. The van der Waals surface area contributed by atoms with E-state index in [-0.39, 0.29) is 11.5 Å². The SMILES string of the molecule is CC(=O)Nc1ccc(F)c(C(=O)Nc2ccc(-c3ccccc3)cc2)c1. The molecule has 0 fully saturated rings. The largest absolute Gasteiger partial charge is 0.326 e. The summed E-state index contributed by atoms with van der Waals surface area (Å²) >= 11 is 0. The van der Waals surface area contributed by atoms with Crippen LogP contribution in [0.3, 0.4) is 0 Å². The predicted octanol–water partition coefficient (Wildman–Crippen LogP) is 4.70. The maximum atomic E-state index is 14.0. The van der Waals surface area contributed by atoms with E-state index in [4.69, 9.17) is 0 Å². The van der Waals surface area contributed by atoms with Crippen molar-refractivity contribution in [2.45, 2.75) is 6.92 Å². The van der Waals surface area contributed by atoms with Crippen molar-refractivity contribution in [3.8, 4) is 11.1 Å². The first-order valence-corrected chi connectivity index (χ1v) is 8.07. The number of rotatable bonds is 4. The Kier molecular flexibility index (Phi) is 5.08. The second-order valence-corrected chi connectivity index (χ2v) is 5.77. The molecule has 0 aliphatic carbocycles. The van der Waals surface area contributed by atoms with Gasteiger partial charge in [0, 0.05) is 18.3 Å². The van der Waals surface area contributed by atoms with E-state index < -0.39 is 11.7 Å². The molecule has 3 rings (SSSR count). The van der Waals surface area contributed by atoms with Gasteiger partial charge in [0.2, 0.25) is 5.91 Å². The molecule has 3 aromatic carbocycles. The van der Waals surface area contributed by atoms with Gasteiger partial charge in [-0.05, 0) is 41.5 Å². The number of halogens is 1. The third-order valence-electron chi connectivity index (χ3n) is 3.78. The van der Waals surface area contributed by atoms with Crippen LogP contribution in [0.5, 0.6) is 0 Å². The van der Waals surface area contributed by atoms with Gasteiger partial charge in [-0.3, -0.25) is 9.59 Å². The van der Waals surface area contributed by atoms with Crippen molar-refractivity contribution in [1.82, 2.24) is 0 Å². The van der Waals surface area contributed by atoms with Crippen LogP contribution in [0.15, 0.2) is 72.8 Å². The van der Waals surface area contributed by atoms with Crippen molar-refractivity contribution in [1.29, 1.82) is 0 Å². The molecule has 0 heterocycles. The van der Waals surface area contributed by atoms with Crippen LogP contribution in [-0.4, -0.2) is 11.8 Å². The summed E-state index contributed by atoms with van der Waals surface area (Å²) < 4.78 is 14.0. The molecule has 2 amide bonds. The van der Waals surface area contributed by atoms with Gasteiger partial charge in [0.25, 0.3) is 5.91 Å². The summed E-state index contributed by atoms with van der Waals surface area (Å²) in [6.45, 7) is 1.34. The number of benzene rings is 3. The van der Waals surface area contributed by atoms with Gasteiger partial charge in [0.1, 0.15) is 5.82 Å². The van der Waals surface area contributed by atoms with E-state index in [9.17, 15) is 14.0 Å². The highest BCUT2D eigenvalue weighted by atomic mass is 19.1. The molecule has 130 valence electrons. The maximum absolute atomic E-state index is 14.0. The van der Waals surface area contributed by atoms with Crippen molar-refractivity contribution < 1.29 is 14.0 Å². The first-order valence-electron chi connectivity index (χ1n) is 8.07. The summed E-state index contributed by atoms with van der Waals surface area (Å²) in [5, 5.41) is 5.20. The predicted molar refractivity (Wildman–Crippen MR) is 101 cm³/mol. The van der Waals surface area contributed by atoms with Crippen LogP contribution >= 0.6 is 0 Å². The summed E-state index contributed by atoms with van der Waals surface area (Å²) in [5.74, 6) is -1.53. The highest BCUT2D eigenvalue weighted by Gasteiger charge is 2.13. The number of hydrogen-bond acceptors (Lipinski definition) is 2. The topological polar surface area (TPSA) is 58.2 Å². The lowest BCUT2D eigenvalue weighted by Crippen LogP contribution is -2.15. The minimum atomic E-state index is -0.655. The average Bonchev–Trinajstić information content (AvgIpc) is 2.64. The molecular formula is C21H17FN2O2. The zero-order valence-electron chi connectivity index (χ0n) is 14.1. The van der Waals surface area contributed by atoms with E-state index in [1.807, 2.05) is 42.5 Å². The molecule has 26 heavy (non-hydrogen) atoms. The number of nitrogens with one attached hydrogen (secondary N) is 2. The zero-order valence-corrected chi connectivity index (χ0v) is 14.1. The van der Waals surface area contributed by atoms with Crippen LogP contribution in [0.2, 0.25) is 0 Å². The molecule has 0 radical (unpaired) electrons. The molecule has 0 saturated carbocycles. The number of carbonyl (C=O) groups excluding carboxylic acids is 2. The highest BCUT2D eigenvalue weighted by Crippen LogP contribution is 2.22. The quantitative estimate of drug-likeness (QED) is 0.718. The molecule has 0 aliphatic rings. The average molecular weight is 348 g/mol. The Morgan fingerprint density at radius 3 is 2.04 bits per heavy atom. The Morgan fingerprint density at radius 1 is 0.769 bits per heavy atom. The van der Waals surface area contributed by atoms with Crippen molar-refractivity contribution in [2.75, 3.05) is 10.6 Å². The Bertz CT molecular complexity index is 938. The van der Waals surface area contributed by atoms with Crippen molar-refractivity contribution in [2.24, 2.45) is 0 Å². The normalized spacial score (nSPS) is 10.2. The molecule has 0 saturated heterocycles. The van der Waals surface area contributed by atoms with E-state index in [1.165, 1.54) is 19.1 Å². The molecule has 0 atom stereocenters. The third kappa shape index (κ3) is 4.13. The van der Waals surface area contributed by atoms with Gasteiger partial charge in [-0.2, -0.15) is 0 Å². The van der Waals surface area contributed by atoms with Gasteiger partial charge >= 0.3 is 0 Å². The van der Waals surface area contributed by atoms with E-state index in [0.29, 0.717) is 11.4 Å². The summed E-state index contributed by atoms with van der Waals surface area (Å²) in [6.07, 6.45) is 0. The van der Waals surface area contributed by atoms with Gasteiger partial charge in [0.05, 0.1) is 5.56 Å². The Hall–Kier alpha value is -3.47. The fraction of sp³-hybridized carbons (Fsp3) is 0.0476. The second kappa shape index (κ2) is 7.61. The summed E-state index contributed by atoms with van der Waals surface area (Å²) in [5.41, 5.74) is 2.87. The first-order chi connectivity index (χ1) is 12.5. The lowest BCUT2D eigenvalue weighted by molar-refractivity contribution is -0.114. The van der Waals surface area contributed by atoms with E-state index in [0.717, 1.165) is 17.2 Å². The second-order valence-electron chi connectivity index (χ2n) is 5.77. The standard InChI is InChI=1S/C21H17FN2O2/c1-14(25)23-18-11-12-20(22)19(13-18)21(26)24-17-9-7-16(8-10-17)15-5-3-2-4-6-15/h2-13H,1H3,(H,23,25)(H,24,26). The molecule has 2 N–H and O–H groups in total. The molecule has 0 spiro atoms. The summed E-state index contributed by atoms with van der Waals surface area (Å²) in [7, 11) is 0. The van der Waals surface area contributed by atoms with Gasteiger partial charge in [-0.25, -0.2) is 4.39 Å². The number of hydrogen-bond donors (Lipinski definition) is 2. The smallest absolute Gasteiger partial charge is 0.258 e. The van der Waals surface area contributed by atoms with Crippen molar-refractivity contribution in [3.63, 3.8) is 0 Å². The molecule has 0 bridgehead atoms. The van der Waals surface area contributed by atoms with Crippen molar-refractivity contribution >= 4 is 23.2 Å². The van der Waals surface area contributed by atoms with Crippen LogP contribution in [0.25, 0.3) is 11.1 Å². The van der Waals surface area contributed by atoms with Gasteiger partial charge in [0.15, 0.2) is 0 Å². The number of carbonyl (C=O) groups is 2. The molecule has 5 heteroatoms. The van der Waals surface area contributed by atoms with Crippen LogP contribution < -0.4 is 10.6 Å². The number of anilines is 2. The monoisotopic (exact) mass is 348 g/mol. The van der Waals surface area contributed by atoms with E-state index in [2.05, 4.69) is 10.6 Å². The van der Waals surface area contributed by atoms with Crippen LogP contribution in [0.4, 0.5) is 15.8 Å². The minimum Gasteiger partial charge on any atom is -0.326 e. The first kappa shape index (κ1) is 17.4. The molecule has 3 aromatic rings. The van der Waals surface area contributed by atoms with Gasteiger partial charge in [-0.1, -0.05) is 42.5 Å². The highest BCUT2D eigenvalue weighted by molar-refractivity contribution is 6.05. The Morgan fingerprint density at radius 2 is 1.38 bits per heavy atom. The summed E-state index contributed by atoms with van der Waals surface area (Å²) in [4.78, 5) is 23.5. The zero-order chi connectivity index (χ0) is 18.5. The molecule has 0 aromatic heterocycles. The van der Waals surface area contributed by atoms with Crippen LogP contribution in [-0.2, 0) is 4.79 Å². The summed E-state index contributed by atoms with van der Waals surface area (Å²) in [6, 6.07) is 21.0. The lowest BCUT2D eigenvalue weighted by atomic mass is 10.1. The van der Waals surface area contributed by atoms with E-state index in [1.54, 1.807) is 12.1 Å². The minimum absolute atomic E-state index is 0.136. The Balaban J connectivity index is 1.77. The van der Waals surface area contributed by atoms with Gasteiger partial charge in [-0.15, -0.1) is 0 Å². The third-order valence-corrected chi connectivity index (χ3v) is 3.78.